The number of H-pyrrole nitrogens is 1. The number of nitrogens with zero attached hydrogens (tertiary/aromatic N) is 3. The van der Waals surface area contributed by atoms with Gasteiger partial charge in [-0.3, -0.25) is 24.2 Å². The molecule has 0 radical (unpaired) electrons. The van der Waals surface area contributed by atoms with Crippen molar-refractivity contribution in [2.45, 2.75) is 19.9 Å². The lowest BCUT2D eigenvalue weighted by Gasteiger charge is -2.37. The first-order valence-electron chi connectivity index (χ1n) is 10.5. The number of carboxylic acids is 1. The predicted molar refractivity (Wildman–Crippen MR) is 119 cm³/mol. The van der Waals surface area contributed by atoms with Crippen LogP contribution in [0.5, 0.6) is 0 Å². The maximum Gasteiger partial charge on any atom is 0.325 e. The Bertz CT molecular complexity index is 960. The zero-order valence-electron chi connectivity index (χ0n) is 18.5. The molecule has 9 nitrogen and oxygen atoms in total. The third-order valence-electron chi connectivity index (χ3n) is 5.66. The van der Waals surface area contributed by atoms with Crippen LogP contribution in [0.25, 0.3) is 10.9 Å². The molecule has 1 fully saturated rings. The molecule has 9 heteroatoms. The third-order valence-corrected chi connectivity index (χ3v) is 5.66. The van der Waals surface area contributed by atoms with Gasteiger partial charge in [0, 0.05) is 74.5 Å². The van der Waals surface area contributed by atoms with Gasteiger partial charge in [-0.1, -0.05) is 13.8 Å². The van der Waals surface area contributed by atoms with Gasteiger partial charge in [-0.25, -0.2) is 0 Å². The zero-order chi connectivity index (χ0) is 22.7. The van der Waals surface area contributed by atoms with E-state index in [4.69, 9.17) is 0 Å². The van der Waals surface area contributed by atoms with Crippen molar-refractivity contribution < 1.29 is 19.5 Å². The topological polar surface area (TPSA) is 109 Å². The number of likely N-dealkylation sites (N-methyl/N-ethyl adjacent to an activating group) is 1. The molecule has 1 aliphatic rings. The number of piperazine rings is 1. The van der Waals surface area contributed by atoms with E-state index in [0.717, 1.165) is 10.9 Å². The highest BCUT2D eigenvalue weighted by Crippen LogP contribution is 2.31. The van der Waals surface area contributed by atoms with E-state index in [1.165, 1.54) is 0 Å². The van der Waals surface area contributed by atoms with Crippen molar-refractivity contribution in [2.24, 2.45) is 5.92 Å². The zero-order valence-corrected chi connectivity index (χ0v) is 18.5. The van der Waals surface area contributed by atoms with Crippen molar-refractivity contribution >= 4 is 34.4 Å². The quantitative estimate of drug-likeness (QED) is 0.617. The number of fused-ring (bicyclic) bond motifs is 1. The average molecular weight is 430 g/mol. The number of anilines is 1. The van der Waals surface area contributed by atoms with Crippen molar-refractivity contribution in [1.29, 1.82) is 0 Å². The van der Waals surface area contributed by atoms with Crippen molar-refractivity contribution in [3.63, 3.8) is 0 Å². The number of nitrogens with one attached hydrogen (secondary N) is 2. The molecule has 31 heavy (non-hydrogen) atoms. The number of aromatic amines is 1. The summed E-state index contributed by atoms with van der Waals surface area (Å²) < 4.78 is 0. The second kappa shape index (κ2) is 9.49. The highest BCUT2D eigenvalue weighted by atomic mass is 16.4. The molecule has 2 amide bonds. The molecule has 0 aliphatic carbocycles. The Morgan fingerprint density at radius 3 is 2.42 bits per heavy atom. The lowest BCUT2D eigenvalue weighted by Crippen LogP contribution is -2.51. The molecule has 1 atom stereocenters. The van der Waals surface area contributed by atoms with Crippen LogP contribution in [0.3, 0.4) is 0 Å². The molecule has 0 bridgehead atoms. The first-order chi connectivity index (χ1) is 14.7. The number of amides is 2. The average Bonchev–Trinajstić information content (AvgIpc) is 3.12. The molecule has 1 aromatic carbocycles. The summed E-state index contributed by atoms with van der Waals surface area (Å²) in [5, 5.41) is 13.7. The Hall–Kier alpha value is -2.91. The van der Waals surface area contributed by atoms with E-state index in [1.807, 2.05) is 35.8 Å². The van der Waals surface area contributed by atoms with E-state index in [2.05, 4.69) is 10.3 Å². The summed E-state index contributed by atoms with van der Waals surface area (Å²) in [6, 6.07) is 4.66. The molecule has 1 aliphatic heterocycles. The Balaban J connectivity index is 1.79. The van der Waals surface area contributed by atoms with Gasteiger partial charge in [-0.2, -0.15) is 0 Å². The van der Waals surface area contributed by atoms with Crippen molar-refractivity contribution in [3.8, 4) is 0 Å². The standard InChI is InChI=1S/C22H31N5O4/c1-14(2)21(29)24-15-5-6-18-16(11-15)17(12-23-18)20(22(30)31)27-9-7-26(8-10-27)13-19(28)25(3)4/h5-6,11-12,14,20,23H,7-10,13H2,1-4H3,(H,24,29)(H,30,31). The van der Waals surface area contributed by atoms with Gasteiger partial charge in [0.1, 0.15) is 6.04 Å². The molecule has 2 aromatic rings. The summed E-state index contributed by atoms with van der Waals surface area (Å²) in [6.45, 7) is 6.33. The number of benzene rings is 1. The number of rotatable bonds is 7. The van der Waals surface area contributed by atoms with Gasteiger partial charge in [0.2, 0.25) is 11.8 Å². The Morgan fingerprint density at radius 1 is 1.16 bits per heavy atom. The van der Waals surface area contributed by atoms with Gasteiger partial charge in [0.15, 0.2) is 0 Å². The van der Waals surface area contributed by atoms with Crippen LogP contribution >= 0.6 is 0 Å². The minimum atomic E-state index is -0.921. The summed E-state index contributed by atoms with van der Waals surface area (Å²) in [7, 11) is 3.46. The highest BCUT2D eigenvalue weighted by molar-refractivity contribution is 5.96. The van der Waals surface area contributed by atoms with Crippen molar-refractivity contribution in [1.82, 2.24) is 19.7 Å². The smallest absolute Gasteiger partial charge is 0.325 e. The number of carbonyl (C=O) groups excluding carboxylic acids is 2. The van der Waals surface area contributed by atoms with Crippen LogP contribution in [0.2, 0.25) is 0 Å². The van der Waals surface area contributed by atoms with E-state index in [1.54, 1.807) is 31.3 Å². The van der Waals surface area contributed by atoms with Crippen LogP contribution in [0.4, 0.5) is 5.69 Å². The lowest BCUT2D eigenvalue weighted by atomic mass is 10.0. The van der Waals surface area contributed by atoms with Gasteiger partial charge in [-0.05, 0) is 18.2 Å². The number of aromatic nitrogens is 1. The minimum Gasteiger partial charge on any atom is -0.480 e. The molecule has 2 heterocycles. The number of hydrogen-bond donors (Lipinski definition) is 3. The van der Waals surface area contributed by atoms with Gasteiger partial charge in [-0.15, -0.1) is 0 Å². The summed E-state index contributed by atoms with van der Waals surface area (Å²) in [5.41, 5.74) is 2.13. The van der Waals surface area contributed by atoms with E-state index in [-0.39, 0.29) is 17.7 Å². The van der Waals surface area contributed by atoms with Gasteiger partial charge in [0.05, 0.1) is 6.54 Å². The largest absolute Gasteiger partial charge is 0.480 e. The summed E-state index contributed by atoms with van der Waals surface area (Å²) in [4.78, 5) is 45.0. The second-order valence-corrected chi connectivity index (χ2v) is 8.49. The van der Waals surface area contributed by atoms with E-state index >= 15 is 0 Å². The minimum absolute atomic E-state index is 0.0378. The second-order valence-electron chi connectivity index (χ2n) is 8.49. The molecule has 1 saturated heterocycles. The Labute approximate surface area is 182 Å². The van der Waals surface area contributed by atoms with Gasteiger partial charge >= 0.3 is 5.97 Å². The maximum atomic E-state index is 12.2. The van der Waals surface area contributed by atoms with Crippen molar-refractivity contribution in [3.05, 3.63) is 30.0 Å². The maximum absolute atomic E-state index is 12.2. The predicted octanol–water partition coefficient (Wildman–Crippen LogP) is 1.59. The molecule has 1 aromatic heterocycles. The fourth-order valence-electron chi connectivity index (χ4n) is 3.73. The lowest BCUT2D eigenvalue weighted by molar-refractivity contribution is -0.145. The van der Waals surface area contributed by atoms with Crippen LogP contribution in [0, 0.1) is 5.92 Å². The summed E-state index contributed by atoms with van der Waals surface area (Å²) in [6.07, 6.45) is 1.74. The molecular formula is C22H31N5O4. The van der Waals surface area contributed by atoms with Crippen molar-refractivity contribution in [2.75, 3.05) is 52.1 Å². The van der Waals surface area contributed by atoms with Crippen LogP contribution in [0.1, 0.15) is 25.5 Å². The number of carbonyl (C=O) groups is 3. The van der Waals surface area contributed by atoms with Gasteiger partial charge in [0.25, 0.3) is 0 Å². The fraction of sp³-hybridized carbons (Fsp3) is 0.500. The molecule has 3 rings (SSSR count). The van der Waals surface area contributed by atoms with Crippen LogP contribution < -0.4 is 5.32 Å². The van der Waals surface area contributed by atoms with Crippen LogP contribution in [-0.2, 0) is 14.4 Å². The van der Waals surface area contributed by atoms with E-state index in [9.17, 15) is 19.5 Å². The molecule has 3 N–H and O–H groups in total. The van der Waals surface area contributed by atoms with E-state index < -0.39 is 12.0 Å². The number of hydrogen-bond acceptors (Lipinski definition) is 5. The monoisotopic (exact) mass is 429 g/mol. The third kappa shape index (κ3) is 5.23. The summed E-state index contributed by atoms with van der Waals surface area (Å²) in [5.74, 6) is -1.12. The first-order valence-corrected chi connectivity index (χ1v) is 10.5. The molecule has 1 unspecified atom stereocenters. The highest BCUT2D eigenvalue weighted by Gasteiger charge is 2.32. The number of aliphatic carboxylic acids is 1. The molecule has 0 spiro atoms. The van der Waals surface area contributed by atoms with Gasteiger partial charge < -0.3 is 20.3 Å². The normalized spacial score (nSPS) is 16.4. The Morgan fingerprint density at radius 2 is 1.84 bits per heavy atom. The first kappa shape index (κ1) is 22.8. The summed E-state index contributed by atoms with van der Waals surface area (Å²) >= 11 is 0. The fourth-order valence-corrected chi connectivity index (χ4v) is 3.73. The van der Waals surface area contributed by atoms with Crippen LogP contribution in [0.15, 0.2) is 24.4 Å². The Kier molecular flexibility index (Phi) is 6.97. The number of carboxylic acid groups (broad SMARTS) is 1. The molecular weight excluding hydrogens is 398 g/mol. The van der Waals surface area contributed by atoms with E-state index in [0.29, 0.717) is 44.0 Å². The van der Waals surface area contributed by atoms with Crippen LogP contribution in [-0.4, -0.2) is 89.4 Å². The SMILES string of the molecule is CC(C)C(=O)Nc1ccc2[nH]cc(C(C(=O)O)N3CCN(CC(=O)N(C)C)CC3)c2c1. The molecule has 168 valence electrons. The molecule has 0 saturated carbocycles.